The molecule has 0 amide bonds. The van der Waals surface area contributed by atoms with E-state index in [1.807, 2.05) is 0 Å². The fraction of sp³-hybridized carbons (Fsp3) is 0.143. The Kier molecular flexibility index (Phi) is 2.33. The number of hydrogen-bond donors (Lipinski definition) is 0. The van der Waals surface area contributed by atoms with Gasteiger partial charge in [-0.3, -0.25) is 0 Å². The van der Waals surface area contributed by atoms with Gasteiger partial charge < -0.3 is 0 Å². The monoisotopic (exact) mass is 154 g/mol. The number of hydrogen-bond acceptors (Lipinski definition) is 0. The van der Waals surface area contributed by atoms with Gasteiger partial charge in [0.1, 0.15) is 5.82 Å². The van der Waals surface area contributed by atoms with Gasteiger partial charge in [0.05, 0.1) is 7.85 Å². The highest BCUT2D eigenvalue weighted by Gasteiger charge is 2.01. The summed E-state index contributed by atoms with van der Waals surface area (Å²) in [5.74, 6) is -0.338. The molecule has 1 aromatic carbocycles. The lowest BCUT2D eigenvalue weighted by Gasteiger charge is -2.00. The molecule has 0 saturated carbocycles. The summed E-state index contributed by atoms with van der Waals surface area (Å²) in [5.41, 5.74) is 0.379. The highest BCUT2D eigenvalue weighted by Crippen LogP contribution is 2.17. The van der Waals surface area contributed by atoms with Crippen molar-refractivity contribution in [1.82, 2.24) is 0 Å². The maximum atomic E-state index is 12.7. The molecule has 0 bridgehead atoms. The summed E-state index contributed by atoms with van der Waals surface area (Å²) in [5, 5.41) is 0.391. The Balaban J connectivity index is 3.17. The smallest absolute Gasteiger partial charge is 0.127 e. The summed E-state index contributed by atoms with van der Waals surface area (Å²) in [6, 6.07) is 4.51. The standard InChI is InChI=1S/C7H5BClF/c8-4-5-6(9)2-1-3-7(5)10/h1-3H,4H2. The van der Waals surface area contributed by atoms with E-state index in [2.05, 4.69) is 0 Å². The third-order valence-electron chi connectivity index (χ3n) is 1.27. The van der Waals surface area contributed by atoms with Gasteiger partial charge in [-0.2, -0.15) is 0 Å². The van der Waals surface area contributed by atoms with E-state index in [0.717, 1.165) is 0 Å². The number of halogens is 2. The quantitative estimate of drug-likeness (QED) is 0.544. The lowest BCUT2D eigenvalue weighted by Crippen LogP contribution is -1.90. The molecule has 0 aliphatic carbocycles. The molecule has 0 aliphatic rings. The molecule has 0 atom stereocenters. The lowest BCUT2D eigenvalue weighted by atomic mass is 9.97. The molecule has 0 fully saturated rings. The Bertz CT molecular complexity index is 217. The molecule has 0 N–H and O–H groups in total. The maximum absolute atomic E-state index is 12.7. The van der Waals surface area contributed by atoms with Crippen molar-refractivity contribution in [3.05, 3.63) is 34.6 Å². The molecule has 0 aromatic heterocycles. The van der Waals surface area contributed by atoms with E-state index in [1.165, 1.54) is 6.07 Å². The minimum Gasteiger partial charge on any atom is -0.207 e. The van der Waals surface area contributed by atoms with Gasteiger partial charge in [-0.25, -0.2) is 4.39 Å². The van der Waals surface area contributed by atoms with Crippen LogP contribution in [0, 0.1) is 5.82 Å². The van der Waals surface area contributed by atoms with E-state index in [0.29, 0.717) is 10.6 Å². The van der Waals surface area contributed by atoms with E-state index < -0.39 is 0 Å². The van der Waals surface area contributed by atoms with E-state index in [4.69, 9.17) is 19.4 Å². The summed E-state index contributed by atoms with van der Waals surface area (Å²) in [6.07, 6.45) is 0.144. The van der Waals surface area contributed by atoms with Crippen LogP contribution in [0.25, 0.3) is 0 Å². The van der Waals surface area contributed by atoms with Gasteiger partial charge in [-0.15, -0.1) is 0 Å². The Labute approximate surface area is 65.4 Å². The van der Waals surface area contributed by atoms with Crippen LogP contribution in [0.3, 0.4) is 0 Å². The van der Waals surface area contributed by atoms with Crippen LogP contribution in [0.4, 0.5) is 4.39 Å². The molecule has 3 heteroatoms. The minimum atomic E-state index is -0.338. The third kappa shape index (κ3) is 1.32. The van der Waals surface area contributed by atoms with Crippen molar-refractivity contribution < 1.29 is 4.39 Å². The SMILES string of the molecule is [B]Cc1c(F)cccc1Cl. The second kappa shape index (κ2) is 3.06. The zero-order chi connectivity index (χ0) is 7.56. The predicted molar refractivity (Wildman–Crippen MR) is 40.9 cm³/mol. The zero-order valence-corrected chi connectivity index (χ0v) is 6.03. The van der Waals surface area contributed by atoms with Crippen LogP contribution >= 0.6 is 11.6 Å². The first-order valence-corrected chi connectivity index (χ1v) is 3.26. The molecule has 1 aromatic rings. The van der Waals surface area contributed by atoms with Gasteiger partial charge in [-0.05, 0) is 17.7 Å². The topological polar surface area (TPSA) is 0 Å². The van der Waals surface area contributed by atoms with Crippen molar-refractivity contribution in [2.75, 3.05) is 0 Å². The molecule has 0 spiro atoms. The summed E-state index contributed by atoms with van der Waals surface area (Å²) in [4.78, 5) is 0. The summed E-state index contributed by atoms with van der Waals surface area (Å²) in [7, 11) is 5.23. The average Bonchev–Trinajstić information content (AvgIpc) is 1.88. The summed E-state index contributed by atoms with van der Waals surface area (Å²) < 4.78 is 12.7. The average molecular weight is 154 g/mol. The Morgan fingerprint density at radius 3 is 2.60 bits per heavy atom. The van der Waals surface area contributed by atoms with Crippen molar-refractivity contribution >= 4 is 19.4 Å². The molecule has 0 unspecified atom stereocenters. The molecule has 0 heterocycles. The molecule has 0 nitrogen and oxygen atoms in total. The molecule has 10 heavy (non-hydrogen) atoms. The van der Waals surface area contributed by atoms with Gasteiger partial charge in [0, 0.05) is 5.02 Å². The van der Waals surface area contributed by atoms with Crippen molar-refractivity contribution in [3.8, 4) is 0 Å². The highest BCUT2D eigenvalue weighted by molar-refractivity contribution is 6.31. The van der Waals surface area contributed by atoms with Gasteiger partial charge in [-0.1, -0.05) is 24.0 Å². The molecule has 1 rings (SSSR count). The second-order valence-corrected chi connectivity index (χ2v) is 2.31. The Morgan fingerprint density at radius 2 is 2.20 bits per heavy atom. The first kappa shape index (κ1) is 7.61. The molecule has 0 aliphatic heterocycles. The summed E-state index contributed by atoms with van der Waals surface area (Å²) >= 11 is 5.61. The summed E-state index contributed by atoms with van der Waals surface area (Å²) in [6.45, 7) is 0. The van der Waals surface area contributed by atoms with Crippen molar-refractivity contribution in [2.24, 2.45) is 0 Å². The van der Waals surface area contributed by atoms with Crippen molar-refractivity contribution in [3.63, 3.8) is 0 Å². The van der Waals surface area contributed by atoms with Crippen LogP contribution < -0.4 is 0 Å². The van der Waals surface area contributed by atoms with Crippen molar-refractivity contribution in [1.29, 1.82) is 0 Å². The normalized spacial score (nSPS) is 9.80. The maximum Gasteiger partial charge on any atom is 0.127 e. The van der Waals surface area contributed by atoms with Crippen LogP contribution in [0.5, 0.6) is 0 Å². The van der Waals surface area contributed by atoms with E-state index in [9.17, 15) is 4.39 Å². The van der Waals surface area contributed by atoms with Crippen LogP contribution in [0.1, 0.15) is 5.56 Å². The predicted octanol–water partition coefficient (Wildman–Crippen LogP) is 2.15. The molecular weight excluding hydrogens is 149 g/mol. The van der Waals surface area contributed by atoms with Gasteiger partial charge in [0.15, 0.2) is 0 Å². The van der Waals surface area contributed by atoms with Crippen LogP contribution in [-0.4, -0.2) is 7.85 Å². The first-order chi connectivity index (χ1) is 4.75. The largest absolute Gasteiger partial charge is 0.207 e. The van der Waals surface area contributed by atoms with E-state index in [1.54, 1.807) is 12.1 Å². The number of benzene rings is 1. The molecule has 2 radical (unpaired) electrons. The van der Waals surface area contributed by atoms with Gasteiger partial charge >= 0.3 is 0 Å². The third-order valence-corrected chi connectivity index (χ3v) is 1.62. The fourth-order valence-corrected chi connectivity index (χ4v) is 0.968. The molecular formula is C7H5BClF. The second-order valence-electron chi connectivity index (χ2n) is 1.90. The lowest BCUT2D eigenvalue weighted by molar-refractivity contribution is 0.617. The van der Waals surface area contributed by atoms with Crippen molar-refractivity contribution in [2.45, 2.75) is 6.32 Å². The first-order valence-electron chi connectivity index (χ1n) is 2.88. The Hall–Kier alpha value is -0.495. The molecule has 50 valence electrons. The van der Waals surface area contributed by atoms with Gasteiger partial charge in [0.2, 0.25) is 0 Å². The van der Waals surface area contributed by atoms with Crippen LogP contribution in [0.2, 0.25) is 5.02 Å². The highest BCUT2D eigenvalue weighted by atomic mass is 35.5. The number of rotatable bonds is 1. The zero-order valence-electron chi connectivity index (χ0n) is 5.27. The minimum absolute atomic E-state index is 0.144. The van der Waals surface area contributed by atoms with Crippen LogP contribution in [0.15, 0.2) is 18.2 Å². The van der Waals surface area contributed by atoms with E-state index in [-0.39, 0.29) is 12.1 Å². The van der Waals surface area contributed by atoms with Gasteiger partial charge in [0.25, 0.3) is 0 Å². The molecule has 0 saturated heterocycles. The Morgan fingerprint density at radius 1 is 1.50 bits per heavy atom. The fourth-order valence-electron chi connectivity index (χ4n) is 0.727. The van der Waals surface area contributed by atoms with Crippen LogP contribution in [-0.2, 0) is 6.32 Å². The van der Waals surface area contributed by atoms with E-state index >= 15 is 0 Å².